The van der Waals surface area contributed by atoms with Crippen molar-refractivity contribution in [3.05, 3.63) is 54.1 Å². The summed E-state index contributed by atoms with van der Waals surface area (Å²) in [5, 5.41) is 7.05. The lowest BCUT2D eigenvalue weighted by Gasteiger charge is -2.06. The Labute approximate surface area is 133 Å². The first kappa shape index (κ1) is 15.1. The van der Waals surface area contributed by atoms with Gasteiger partial charge in [0.1, 0.15) is 11.4 Å². The molecule has 2 heterocycles. The van der Waals surface area contributed by atoms with Crippen LogP contribution < -0.4 is 5.32 Å². The number of unbranched alkanes of at least 4 members (excludes halogenated alkanes) is 1. The lowest BCUT2D eigenvalue weighted by molar-refractivity contribution is 0.0954. The second-order valence-electron chi connectivity index (χ2n) is 5.21. The SMILES string of the molecule is CCCCNC(=O)c1cnn2c(-c3ccccc3F)ccnc12. The summed E-state index contributed by atoms with van der Waals surface area (Å²) in [5.74, 6) is -0.559. The van der Waals surface area contributed by atoms with Gasteiger partial charge in [0.15, 0.2) is 5.65 Å². The van der Waals surface area contributed by atoms with E-state index in [4.69, 9.17) is 0 Å². The van der Waals surface area contributed by atoms with Crippen LogP contribution in [-0.4, -0.2) is 27.0 Å². The number of carbonyl (C=O) groups excluding carboxylic acids is 1. The minimum Gasteiger partial charge on any atom is -0.352 e. The Balaban J connectivity index is 2.01. The Bertz CT molecular complexity index is 843. The first-order valence-electron chi connectivity index (χ1n) is 7.58. The summed E-state index contributed by atoms with van der Waals surface area (Å²) < 4.78 is 15.5. The van der Waals surface area contributed by atoms with Crippen LogP contribution >= 0.6 is 0 Å². The van der Waals surface area contributed by atoms with Crippen molar-refractivity contribution in [1.82, 2.24) is 19.9 Å². The first-order valence-corrected chi connectivity index (χ1v) is 7.58. The van der Waals surface area contributed by atoms with Gasteiger partial charge >= 0.3 is 0 Å². The molecule has 5 nitrogen and oxygen atoms in total. The first-order chi connectivity index (χ1) is 11.2. The standard InChI is InChI=1S/C17H17FN4O/c1-2-3-9-20-17(23)13-11-21-22-15(8-10-19-16(13)22)12-6-4-5-7-14(12)18/h4-8,10-11H,2-3,9H2,1H3,(H,20,23). The molecule has 0 unspecified atom stereocenters. The molecular weight excluding hydrogens is 295 g/mol. The van der Waals surface area contributed by atoms with Gasteiger partial charge in [0, 0.05) is 18.3 Å². The smallest absolute Gasteiger partial charge is 0.256 e. The lowest BCUT2D eigenvalue weighted by Crippen LogP contribution is -2.24. The molecule has 0 radical (unpaired) electrons. The van der Waals surface area contributed by atoms with E-state index in [2.05, 4.69) is 22.3 Å². The van der Waals surface area contributed by atoms with Gasteiger partial charge in [0.05, 0.1) is 11.9 Å². The molecule has 3 aromatic rings. The van der Waals surface area contributed by atoms with Crippen LogP contribution in [0.25, 0.3) is 16.9 Å². The van der Waals surface area contributed by atoms with E-state index >= 15 is 0 Å². The van der Waals surface area contributed by atoms with Crippen molar-refractivity contribution in [1.29, 1.82) is 0 Å². The number of fused-ring (bicyclic) bond motifs is 1. The normalized spacial score (nSPS) is 10.9. The third-order valence-corrected chi connectivity index (χ3v) is 3.61. The molecule has 118 valence electrons. The number of hydrogen-bond acceptors (Lipinski definition) is 3. The molecule has 6 heteroatoms. The highest BCUT2D eigenvalue weighted by Gasteiger charge is 2.16. The van der Waals surface area contributed by atoms with Gasteiger partial charge in [-0.25, -0.2) is 13.9 Å². The van der Waals surface area contributed by atoms with Crippen LogP contribution in [0.5, 0.6) is 0 Å². The van der Waals surface area contributed by atoms with E-state index in [0.29, 0.717) is 29.0 Å². The van der Waals surface area contributed by atoms with E-state index in [9.17, 15) is 9.18 Å². The Morgan fingerprint density at radius 2 is 2.13 bits per heavy atom. The van der Waals surface area contributed by atoms with E-state index in [1.807, 2.05) is 0 Å². The van der Waals surface area contributed by atoms with Crippen molar-refractivity contribution in [2.75, 3.05) is 6.54 Å². The molecule has 23 heavy (non-hydrogen) atoms. The summed E-state index contributed by atoms with van der Waals surface area (Å²) in [7, 11) is 0. The highest BCUT2D eigenvalue weighted by Crippen LogP contribution is 2.23. The number of hydrogen-bond donors (Lipinski definition) is 1. The predicted octanol–water partition coefficient (Wildman–Crippen LogP) is 3.07. The zero-order valence-corrected chi connectivity index (χ0v) is 12.8. The van der Waals surface area contributed by atoms with E-state index in [1.165, 1.54) is 16.8 Å². The van der Waals surface area contributed by atoms with Crippen molar-refractivity contribution in [2.24, 2.45) is 0 Å². The average molecular weight is 312 g/mol. The highest BCUT2D eigenvalue weighted by atomic mass is 19.1. The van der Waals surface area contributed by atoms with Gasteiger partial charge in [-0.2, -0.15) is 5.10 Å². The number of nitrogens with zero attached hydrogens (tertiary/aromatic N) is 3. The van der Waals surface area contributed by atoms with Gasteiger partial charge in [-0.3, -0.25) is 4.79 Å². The third kappa shape index (κ3) is 2.92. The predicted molar refractivity (Wildman–Crippen MR) is 85.6 cm³/mol. The van der Waals surface area contributed by atoms with Crippen molar-refractivity contribution in [2.45, 2.75) is 19.8 Å². The number of benzene rings is 1. The van der Waals surface area contributed by atoms with E-state index in [-0.39, 0.29) is 11.7 Å². The Morgan fingerprint density at radius 3 is 2.91 bits per heavy atom. The summed E-state index contributed by atoms with van der Waals surface area (Å²) in [6.45, 7) is 2.67. The zero-order chi connectivity index (χ0) is 16.2. The molecule has 0 aliphatic heterocycles. The van der Waals surface area contributed by atoms with Crippen LogP contribution in [0, 0.1) is 5.82 Å². The number of carbonyl (C=O) groups is 1. The molecule has 0 saturated carbocycles. The van der Waals surface area contributed by atoms with Gasteiger partial charge in [0.2, 0.25) is 0 Å². The van der Waals surface area contributed by atoms with Crippen LogP contribution in [0.2, 0.25) is 0 Å². The van der Waals surface area contributed by atoms with Gasteiger partial charge in [0.25, 0.3) is 5.91 Å². The van der Waals surface area contributed by atoms with Crippen molar-refractivity contribution < 1.29 is 9.18 Å². The third-order valence-electron chi connectivity index (χ3n) is 3.61. The summed E-state index contributed by atoms with van der Waals surface area (Å²) in [4.78, 5) is 16.5. The van der Waals surface area contributed by atoms with Crippen LogP contribution in [0.3, 0.4) is 0 Å². The molecular formula is C17H17FN4O. The summed E-state index contributed by atoms with van der Waals surface area (Å²) in [6, 6.07) is 8.13. The van der Waals surface area contributed by atoms with E-state index < -0.39 is 0 Å². The Morgan fingerprint density at radius 1 is 1.30 bits per heavy atom. The van der Waals surface area contributed by atoms with Gasteiger partial charge in [-0.15, -0.1) is 0 Å². The minimum atomic E-state index is -0.343. The second-order valence-corrected chi connectivity index (χ2v) is 5.21. The van der Waals surface area contributed by atoms with Crippen LogP contribution in [-0.2, 0) is 0 Å². The topological polar surface area (TPSA) is 59.3 Å². The Hall–Kier alpha value is -2.76. The highest BCUT2D eigenvalue weighted by molar-refractivity contribution is 5.99. The van der Waals surface area contributed by atoms with E-state index in [0.717, 1.165) is 12.8 Å². The number of amides is 1. The number of aromatic nitrogens is 3. The fourth-order valence-corrected chi connectivity index (χ4v) is 2.40. The molecule has 0 fully saturated rings. The molecule has 0 aliphatic rings. The minimum absolute atomic E-state index is 0.216. The maximum Gasteiger partial charge on any atom is 0.256 e. The molecule has 1 aromatic carbocycles. The zero-order valence-electron chi connectivity index (χ0n) is 12.8. The maximum atomic E-state index is 14.0. The molecule has 0 spiro atoms. The van der Waals surface area contributed by atoms with Crippen molar-refractivity contribution in [3.63, 3.8) is 0 Å². The maximum absolute atomic E-state index is 14.0. The molecule has 3 rings (SSSR count). The summed E-state index contributed by atoms with van der Waals surface area (Å²) in [6.07, 6.45) is 4.94. The molecule has 1 amide bonds. The summed E-state index contributed by atoms with van der Waals surface area (Å²) in [5.41, 5.74) is 1.78. The average Bonchev–Trinajstić information content (AvgIpc) is 3.00. The van der Waals surface area contributed by atoms with Gasteiger partial charge in [-0.05, 0) is 24.6 Å². The van der Waals surface area contributed by atoms with Crippen molar-refractivity contribution >= 4 is 11.6 Å². The largest absolute Gasteiger partial charge is 0.352 e. The van der Waals surface area contributed by atoms with E-state index in [1.54, 1.807) is 30.5 Å². The molecule has 0 atom stereocenters. The van der Waals surface area contributed by atoms with Crippen molar-refractivity contribution in [3.8, 4) is 11.3 Å². The summed E-state index contributed by atoms with van der Waals surface area (Å²) >= 11 is 0. The quantitative estimate of drug-likeness (QED) is 0.737. The van der Waals surface area contributed by atoms with Crippen LogP contribution in [0.1, 0.15) is 30.1 Å². The fraction of sp³-hybridized carbons (Fsp3) is 0.235. The van der Waals surface area contributed by atoms with Gasteiger partial charge in [-0.1, -0.05) is 25.5 Å². The second kappa shape index (κ2) is 6.56. The monoisotopic (exact) mass is 312 g/mol. The van der Waals surface area contributed by atoms with Crippen LogP contribution in [0.15, 0.2) is 42.7 Å². The Kier molecular flexibility index (Phi) is 4.32. The molecule has 2 aromatic heterocycles. The van der Waals surface area contributed by atoms with Crippen LogP contribution in [0.4, 0.5) is 4.39 Å². The molecule has 1 N–H and O–H groups in total. The molecule has 0 saturated heterocycles. The molecule has 0 aliphatic carbocycles. The molecule has 0 bridgehead atoms. The van der Waals surface area contributed by atoms with Gasteiger partial charge < -0.3 is 5.32 Å². The fourth-order valence-electron chi connectivity index (χ4n) is 2.40. The number of rotatable bonds is 5. The number of nitrogens with one attached hydrogen (secondary N) is 1. The number of halogens is 1. The lowest BCUT2D eigenvalue weighted by atomic mass is 10.1.